The Morgan fingerprint density at radius 1 is 0.821 bits per heavy atom. The lowest BCUT2D eigenvalue weighted by Crippen LogP contribution is -2.50. The molecule has 0 saturated carbocycles. The largest absolute Gasteiger partial charge is 0.484 e. The summed E-state index contributed by atoms with van der Waals surface area (Å²) in [6.45, 7) is 3.18. The lowest BCUT2D eigenvalue weighted by atomic mass is 10.1. The number of aromatic amines is 1. The molecule has 4 rings (SSSR count). The molecule has 5 nitrogen and oxygen atoms in total. The van der Waals surface area contributed by atoms with Crippen LogP contribution in [0.25, 0.3) is 11.1 Å². The third-order valence-corrected chi connectivity index (χ3v) is 5.02. The monoisotopic (exact) mass is 374 g/mol. The average molecular weight is 374 g/mol. The number of nitrogens with zero attached hydrogens (tertiary/aromatic N) is 2. The van der Waals surface area contributed by atoms with Gasteiger partial charge >= 0.3 is 0 Å². The zero-order valence-electron chi connectivity index (χ0n) is 15.8. The van der Waals surface area contributed by atoms with Crippen molar-refractivity contribution in [1.29, 1.82) is 0 Å². The van der Waals surface area contributed by atoms with Crippen LogP contribution in [-0.2, 0) is 4.79 Å². The Hall–Kier alpha value is -3.34. The standard InChI is InChI=1S/C23H23N3O2/c27-23(26-16-14-25(15-17-26)21-10-12-24-13-11-21)18-28-22-8-6-20(7-9-22)19-4-2-1-3-5-19/h1-13H,14-18H2/p+1. The van der Waals surface area contributed by atoms with E-state index in [0.717, 1.165) is 18.7 Å². The molecule has 0 bridgehead atoms. The second kappa shape index (κ2) is 8.57. The Morgan fingerprint density at radius 3 is 2.14 bits per heavy atom. The Bertz CT molecular complexity index is 890. The van der Waals surface area contributed by atoms with Crippen LogP contribution in [-0.4, -0.2) is 43.6 Å². The van der Waals surface area contributed by atoms with E-state index in [1.54, 1.807) is 0 Å². The molecule has 1 fully saturated rings. The highest BCUT2D eigenvalue weighted by Crippen LogP contribution is 2.22. The predicted molar refractivity (Wildman–Crippen MR) is 109 cm³/mol. The first kappa shape index (κ1) is 18.0. The van der Waals surface area contributed by atoms with Crippen LogP contribution in [0.4, 0.5) is 5.69 Å². The maximum Gasteiger partial charge on any atom is 0.260 e. The van der Waals surface area contributed by atoms with Crippen LogP contribution in [0.5, 0.6) is 5.75 Å². The molecule has 0 radical (unpaired) electrons. The molecule has 142 valence electrons. The lowest BCUT2D eigenvalue weighted by molar-refractivity contribution is -0.377. The molecule has 0 spiro atoms. The molecule has 1 aliphatic heterocycles. The second-order valence-electron chi connectivity index (χ2n) is 6.81. The third kappa shape index (κ3) is 4.31. The van der Waals surface area contributed by atoms with Gasteiger partial charge in [0.15, 0.2) is 19.0 Å². The van der Waals surface area contributed by atoms with E-state index >= 15 is 0 Å². The highest BCUT2D eigenvalue weighted by Gasteiger charge is 2.21. The molecule has 1 N–H and O–H groups in total. The van der Waals surface area contributed by atoms with Crippen LogP contribution >= 0.6 is 0 Å². The van der Waals surface area contributed by atoms with Crippen molar-refractivity contribution >= 4 is 11.6 Å². The fourth-order valence-electron chi connectivity index (χ4n) is 3.41. The SMILES string of the molecule is O=C(COc1ccc(-c2ccccc2)cc1)N1CCN(c2cc[nH+]cc2)CC1. The van der Waals surface area contributed by atoms with E-state index in [4.69, 9.17) is 4.74 Å². The van der Waals surface area contributed by atoms with Gasteiger partial charge in [-0.05, 0) is 23.3 Å². The third-order valence-electron chi connectivity index (χ3n) is 5.02. The maximum atomic E-state index is 12.5. The highest BCUT2D eigenvalue weighted by molar-refractivity contribution is 5.78. The quantitative estimate of drug-likeness (QED) is 0.690. The Morgan fingerprint density at radius 2 is 1.46 bits per heavy atom. The number of hydrogen-bond donors (Lipinski definition) is 0. The molecule has 1 saturated heterocycles. The maximum absolute atomic E-state index is 12.5. The van der Waals surface area contributed by atoms with Gasteiger partial charge in [-0.15, -0.1) is 0 Å². The number of amides is 1. The van der Waals surface area contributed by atoms with Gasteiger partial charge in [-0.2, -0.15) is 0 Å². The Balaban J connectivity index is 1.27. The molecule has 3 aromatic rings. The van der Waals surface area contributed by atoms with Gasteiger partial charge in [0.1, 0.15) is 5.75 Å². The van der Waals surface area contributed by atoms with Crippen molar-refractivity contribution in [2.75, 3.05) is 37.7 Å². The molecule has 5 heteroatoms. The zero-order chi connectivity index (χ0) is 19.2. The summed E-state index contributed by atoms with van der Waals surface area (Å²) < 4.78 is 5.71. The number of rotatable bonds is 5. The normalized spacial score (nSPS) is 14.0. The van der Waals surface area contributed by atoms with Crippen LogP contribution in [0.15, 0.2) is 79.1 Å². The van der Waals surface area contributed by atoms with Gasteiger partial charge in [0.2, 0.25) is 0 Å². The zero-order valence-corrected chi connectivity index (χ0v) is 15.8. The molecule has 0 unspecified atom stereocenters. The molecule has 2 aromatic carbocycles. The van der Waals surface area contributed by atoms with Crippen LogP contribution in [0.2, 0.25) is 0 Å². The summed E-state index contributed by atoms with van der Waals surface area (Å²) in [4.78, 5) is 19.7. The van der Waals surface area contributed by atoms with Gasteiger partial charge in [-0.25, -0.2) is 4.98 Å². The van der Waals surface area contributed by atoms with E-state index in [1.165, 1.54) is 11.3 Å². The van der Waals surface area contributed by atoms with Gasteiger partial charge < -0.3 is 14.5 Å². The van der Waals surface area contributed by atoms with Crippen LogP contribution < -0.4 is 14.6 Å². The summed E-state index contributed by atoms with van der Waals surface area (Å²) >= 11 is 0. The first-order chi connectivity index (χ1) is 13.8. The molecule has 2 heterocycles. The van der Waals surface area contributed by atoms with Gasteiger partial charge in [-0.3, -0.25) is 4.79 Å². The van der Waals surface area contributed by atoms with Crippen molar-refractivity contribution in [2.24, 2.45) is 0 Å². The van der Waals surface area contributed by atoms with E-state index < -0.39 is 0 Å². The minimum Gasteiger partial charge on any atom is -0.484 e. The summed E-state index contributed by atoms with van der Waals surface area (Å²) in [7, 11) is 0. The number of nitrogens with one attached hydrogen (secondary N) is 1. The number of anilines is 1. The number of hydrogen-bond acceptors (Lipinski definition) is 3. The first-order valence-corrected chi connectivity index (χ1v) is 9.57. The summed E-state index contributed by atoms with van der Waals surface area (Å²) in [6.07, 6.45) is 3.84. The van der Waals surface area contributed by atoms with Crippen molar-refractivity contribution in [3.05, 3.63) is 79.1 Å². The molecule has 1 aliphatic rings. The Kier molecular flexibility index (Phi) is 5.52. The van der Waals surface area contributed by atoms with Gasteiger partial charge in [0.05, 0.1) is 0 Å². The molecular weight excluding hydrogens is 350 g/mol. The number of carbonyl (C=O) groups excluding carboxylic acids is 1. The van der Waals surface area contributed by atoms with E-state index in [-0.39, 0.29) is 12.5 Å². The van der Waals surface area contributed by atoms with Crippen molar-refractivity contribution < 1.29 is 14.5 Å². The molecule has 0 atom stereocenters. The molecule has 1 amide bonds. The topological polar surface area (TPSA) is 46.9 Å². The number of carbonyl (C=O) groups is 1. The number of H-pyrrole nitrogens is 1. The van der Waals surface area contributed by atoms with Crippen LogP contribution in [0, 0.1) is 0 Å². The molecular formula is C23H24N3O2+. The fraction of sp³-hybridized carbons (Fsp3) is 0.217. The van der Waals surface area contributed by atoms with E-state index in [9.17, 15) is 4.79 Å². The van der Waals surface area contributed by atoms with Crippen molar-refractivity contribution in [2.45, 2.75) is 0 Å². The minimum atomic E-state index is 0.0354. The van der Waals surface area contributed by atoms with Gasteiger partial charge in [0.25, 0.3) is 5.91 Å². The molecule has 28 heavy (non-hydrogen) atoms. The second-order valence-corrected chi connectivity index (χ2v) is 6.81. The van der Waals surface area contributed by atoms with E-state index in [1.807, 2.05) is 59.8 Å². The average Bonchev–Trinajstić information content (AvgIpc) is 2.79. The van der Waals surface area contributed by atoms with Crippen LogP contribution in [0.3, 0.4) is 0 Å². The number of piperazine rings is 1. The van der Waals surface area contributed by atoms with E-state index in [2.05, 4.69) is 34.1 Å². The summed E-state index contributed by atoms with van der Waals surface area (Å²) in [5.41, 5.74) is 3.48. The molecule has 0 aliphatic carbocycles. The fourth-order valence-corrected chi connectivity index (χ4v) is 3.41. The Labute approximate surface area is 165 Å². The predicted octanol–water partition coefficient (Wildman–Crippen LogP) is 2.90. The summed E-state index contributed by atoms with van der Waals surface area (Å²) in [6, 6.07) is 22.2. The summed E-state index contributed by atoms with van der Waals surface area (Å²) in [5, 5.41) is 0. The first-order valence-electron chi connectivity index (χ1n) is 9.57. The number of ether oxygens (including phenoxy) is 1. The number of pyridine rings is 1. The number of benzene rings is 2. The summed E-state index contributed by atoms with van der Waals surface area (Å²) in [5.74, 6) is 0.750. The van der Waals surface area contributed by atoms with Gasteiger partial charge in [0, 0.05) is 44.0 Å². The number of aromatic nitrogens is 1. The van der Waals surface area contributed by atoms with Crippen molar-refractivity contribution in [3.8, 4) is 16.9 Å². The van der Waals surface area contributed by atoms with Crippen molar-refractivity contribution in [3.63, 3.8) is 0 Å². The smallest absolute Gasteiger partial charge is 0.260 e. The van der Waals surface area contributed by atoms with Crippen LogP contribution in [0.1, 0.15) is 0 Å². The van der Waals surface area contributed by atoms with Gasteiger partial charge in [-0.1, -0.05) is 42.5 Å². The highest BCUT2D eigenvalue weighted by atomic mass is 16.5. The minimum absolute atomic E-state index is 0.0354. The van der Waals surface area contributed by atoms with Crippen molar-refractivity contribution in [1.82, 2.24) is 4.90 Å². The van der Waals surface area contributed by atoms with E-state index in [0.29, 0.717) is 18.8 Å². The lowest BCUT2D eigenvalue weighted by Gasteiger charge is -2.35. The molecule has 1 aromatic heterocycles.